The summed E-state index contributed by atoms with van der Waals surface area (Å²) in [5.41, 5.74) is 4.28. The molecule has 1 heterocycles. The molecule has 2 atom stereocenters. The van der Waals surface area contributed by atoms with Gasteiger partial charge in [-0.2, -0.15) is 0 Å². The van der Waals surface area contributed by atoms with E-state index in [0.717, 1.165) is 16.8 Å². The molecule has 1 aliphatic heterocycles. The topological polar surface area (TPSA) is 49.4 Å². The van der Waals surface area contributed by atoms with Crippen LogP contribution in [-0.2, 0) is 9.59 Å². The average Bonchev–Trinajstić information content (AvgIpc) is 3.00. The number of carbonyl (C=O) groups excluding carboxylic acids is 2. The van der Waals surface area contributed by atoms with Crippen LogP contribution in [0.4, 0.5) is 5.69 Å². The second-order valence-electron chi connectivity index (χ2n) is 6.81. The minimum Gasteiger partial charge on any atom is -0.349 e. The minimum atomic E-state index is -0.305. The smallest absolute Gasteiger partial charge is 0.227 e. The Morgan fingerprint density at radius 3 is 2.52 bits per heavy atom. The number of nitrogens with one attached hydrogen (secondary N) is 1. The molecule has 0 aliphatic carbocycles. The van der Waals surface area contributed by atoms with E-state index in [1.165, 1.54) is 5.56 Å². The maximum absolute atomic E-state index is 12.6. The highest BCUT2D eigenvalue weighted by molar-refractivity contribution is 6.00. The molecule has 4 nitrogen and oxygen atoms in total. The first-order chi connectivity index (χ1) is 12.0. The second kappa shape index (κ2) is 7.09. The normalized spacial score (nSPS) is 18.3. The van der Waals surface area contributed by atoms with Gasteiger partial charge in [0, 0.05) is 18.7 Å². The second-order valence-corrected chi connectivity index (χ2v) is 6.81. The van der Waals surface area contributed by atoms with E-state index in [0.29, 0.717) is 6.54 Å². The number of anilines is 1. The third-order valence-corrected chi connectivity index (χ3v) is 4.96. The molecule has 3 rings (SSSR count). The zero-order chi connectivity index (χ0) is 18.0. The summed E-state index contributed by atoms with van der Waals surface area (Å²) in [6, 6.07) is 15.8. The van der Waals surface area contributed by atoms with Crippen molar-refractivity contribution >= 4 is 17.5 Å². The molecule has 0 spiro atoms. The van der Waals surface area contributed by atoms with Crippen molar-refractivity contribution in [2.75, 3.05) is 11.4 Å². The van der Waals surface area contributed by atoms with Crippen LogP contribution in [0, 0.1) is 19.8 Å². The minimum absolute atomic E-state index is 0.00997. The highest BCUT2D eigenvalue weighted by Gasteiger charge is 2.35. The predicted molar refractivity (Wildman–Crippen MR) is 99.4 cm³/mol. The molecule has 1 fully saturated rings. The Kier molecular flexibility index (Phi) is 4.88. The summed E-state index contributed by atoms with van der Waals surface area (Å²) in [4.78, 5) is 26.7. The first kappa shape index (κ1) is 17.2. The van der Waals surface area contributed by atoms with E-state index < -0.39 is 0 Å². The molecule has 4 heteroatoms. The fourth-order valence-electron chi connectivity index (χ4n) is 3.18. The first-order valence-corrected chi connectivity index (χ1v) is 8.68. The van der Waals surface area contributed by atoms with Crippen molar-refractivity contribution in [2.24, 2.45) is 5.92 Å². The third-order valence-electron chi connectivity index (χ3n) is 4.96. The lowest BCUT2D eigenvalue weighted by Gasteiger charge is -2.19. The number of nitrogens with zero attached hydrogens (tertiary/aromatic N) is 1. The molecular weight excluding hydrogens is 312 g/mol. The third kappa shape index (κ3) is 3.73. The van der Waals surface area contributed by atoms with Gasteiger partial charge in [-0.25, -0.2) is 0 Å². The first-order valence-electron chi connectivity index (χ1n) is 8.68. The van der Waals surface area contributed by atoms with Crippen LogP contribution < -0.4 is 10.2 Å². The maximum atomic E-state index is 12.6. The number of aryl methyl sites for hydroxylation is 2. The summed E-state index contributed by atoms with van der Waals surface area (Å²) in [6.07, 6.45) is 0.264. The van der Waals surface area contributed by atoms with E-state index in [2.05, 4.69) is 5.32 Å². The lowest BCUT2D eigenvalue weighted by molar-refractivity contribution is -0.126. The quantitative estimate of drug-likeness (QED) is 0.928. The summed E-state index contributed by atoms with van der Waals surface area (Å²) < 4.78 is 0. The van der Waals surface area contributed by atoms with Crippen LogP contribution in [0.1, 0.15) is 36.1 Å². The van der Waals surface area contributed by atoms with Gasteiger partial charge in [-0.05, 0) is 49.6 Å². The van der Waals surface area contributed by atoms with E-state index in [-0.39, 0.29) is 30.2 Å². The van der Waals surface area contributed by atoms with Gasteiger partial charge in [0.25, 0.3) is 0 Å². The number of rotatable bonds is 4. The van der Waals surface area contributed by atoms with Gasteiger partial charge in [-0.15, -0.1) is 0 Å². The van der Waals surface area contributed by atoms with Gasteiger partial charge in [0.15, 0.2) is 0 Å². The van der Waals surface area contributed by atoms with Crippen LogP contribution in [0.2, 0.25) is 0 Å². The molecular formula is C21H24N2O2. The molecule has 0 aromatic heterocycles. The molecule has 0 saturated carbocycles. The number of amides is 2. The van der Waals surface area contributed by atoms with Crippen molar-refractivity contribution < 1.29 is 9.59 Å². The predicted octanol–water partition coefficient (Wildman–Crippen LogP) is 3.53. The Morgan fingerprint density at radius 1 is 1.12 bits per heavy atom. The van der Waals surface area contributed by atoms with Crippen LogP contribution in [0.5, 0.6) is 0 Å². The van der Waals surface area contributed by atoms with Crippen LogP contribution >= 0.6 is 0 Å². The van der Waals surface area contributed by atoms with Crippen LogP contribution in [0.25, 0.3) is 0 Å². The molecule has 2 aromatic carbocycles. The summed E-state index contributed by atoms with van der Waals surface area (Å²) in [5.74, 6) is -0.355. The molecule has 0 bridgehead atoms. The molecule has 25 heavy (non-hydrogen) atoms. The van der Waals surface area contributed by atoms with Crippen LogP contribution in [0.15, 0.2) is 48.5 Å². The summed E-state index contributed by atoms with van der Waals surface area (Å²) in [7, 11) is 0. The van der Waals surface area contributed by atoms with E-state index >= 15 is 0 Å². The Hall–Kier alpha value is -2.62. The molecule has 2 aromatic rings. The van der Waals surface area contributed by atoms with Crippen molar-refractivity contribution in [3.05, 3.63) is 65.2 Å². The summed E-state index contributed by atoms with van der Waals surface area (Å²) in [5, 5.41) is 3.03. The summed E-state index contributed by atoms with van der Waals surface area (Å²) >= 11 is 0. The lowest BCUT2D eigenvalue weighted by Crippen LogP contribution is -2.34. The van der Waals surface area contributed by atoms with Crippen molar-refractivity contribution in [3.8, 4) is 0 Å². The van der Waals surface area contributed by atoms with Crippen molar-refractivity contribution in [1.29, 1.82) is 0 Å². The molecule has 1 N–H and O–H groups in total. The molecule has 130 valence electrons. The number of hydrogen-bond donors (Lipinski definition) is 1. The highest BCUT2D eigenvalue weighted by Crippen LogP contribution is 2.27. The van der Waals surface area contributed by atoms with Gasteiger partial charge in [0.05, 0.1) is 12.0 Å². The molecule has 0 radical (unpaired) electrons. The fraction of sp³-hybridized carbons (Fsp3) is 0.333. The van der Waals surface area contributed by atoms with Crippen molar-refractivity contribution in [2.45, 2.75) is 33.2 Å². The van der Waals surface area contributed by atoms with Gasteiger partial charge in [-0.3, -0.25) is 9.59 Å². The monoisotopic (exact) mass is 336 g/mol. The van der Waals surface area contributed by atoms with Gasteiger partial charge in [-0.1, -0.05) is 36.4 Å². The largest absolute Gasteiger partial charge is 0.349 e. The Labute approximate surface area is 148 Å². The van der Waals surface area contributed by atoms with Gasteiger partial charge in [0.1, 0.15) is 0 Å². The average molecular weight is 336 g/mol. The number of benzene rings is 2. The Balaban J connectivity index is 1.67. The fourth-order valence-corrected chi connectivity index (χ4v) is 3.18. The van der Waals surface area contributed by atoms with Crippen molar-refractivity contribution in [3.63, 3.8) is 0 Å². The van der Waals surface area contributed by atoms with E-state index in [4.69, 9.17) is 0 Å². The molecule has 1 saturated heterocycles. The van der Waals surface area contributed by atoms with Gasteiger partial charge >= 0.3 is 0 Å². The zero-order valence-corrected chi connectivity index (χ0v) is 15.0. The van der Waals surface area contributed by atoms with E-state index in [1.807, 2.05) is 69.3 Å². The number of carbonyl (C=O) groups is 2. The summed E-state index contributed by atoms with van der Waals surface area (Å²) in [6.45, 7) is 6.48. The van der Waals surface area contributed by atoms with Crippen LogP contribution in [-0.4, -0.2) is 18.4 Å². The standard InChI is InChI=1S/C21H24N2O2/c1-14-9-10-19(11-15(14)2)23-13-18(12-20(23)24)21(25)22-16(3)17-7-5-4-6-8-17/h4-11,16,18H,12-13H2,1-3H3,(H,22,25). The highest BCUT2D eigenvalue weighted by atomic mass is 16.2. The Bertz CT molecular complexity index is 786. The Morgan fingerprint density at radius 2 is 1.84 bits per heavy atom. The SMILES string of the molecule is Cc1ccc(N2CC(C(=O)NC(C)c3ccccc3)CC2=O)cc1C. The van der Waals surface area contributed by atoms with E-state index in [1.54, 1.807) is 4.90 Å². The molecule has 2 unspecified atom stereocenters. The van der Waals surface area contributed by atoms with E-state index in [9.17, 15) is 9.59 Å². The van der Waals surface area contributed by atoms with Gasteiger partial charge in [0.2, 0.25) is 11.8 Å². The van der Waals surface area contributed by atoms with Crippen LogP contribution in [0.3, 0.4) is 0 Å². The van der Waals surface area contributed by atoms with Crippen molar-refractivity contribution in [1.82, 2.24) is 5.32 Å². The zero-order valence-electron chi connectivity index (χ0n) is 15.0. The molecule has 2 amide bonds. The maximum Gasteiger partial charge on any atom is 0.227 e. The lowest BCUT2D eigenvalue weighted by atomic mass is 10.1. The molecule has 1 aliphatic rings. The van der Waals surface area contributed by atoms with Gasteiger partial charge < -0.3 is 10.2 Å². The number of hydrogen-bond acceptors (Lipinski definition) is 2.